The number of rotatable bonds is 11. The highest BCUT2D eigenvalue weighted by Crippen LogP contribution is 2.24. The van der Waals surface area contributed by atoms with Gasteiger partial charge in [0.15, 0.2) is 0 Å². The number of benzene rings is 1. The van der Waals surface area contributed by atoms with E-state index >= 15 is 0 Å². The second-order valence-corrected chi connectivity index (χ2v) is 9.51. The van der Waals surface area contributed by atoms with E-state index in [4.69, 9.17) is 0 Å². The summed E-state index contributed by atoms with van der Waals surface area (Å²) in [6.45, 7) is 5.10. The third-order valence-corrected chi connectivity index (χ3v) is 5.91. The van der Waals surface area contributed by atoms with Gasteiger partial charge in [-0.3, -0.25) is 9.59 Å². The summed E-state index contributed by atoms with van der Waals surface area (Å²) in [6.07, 6.45) is 7.67. The molecule has 0 bridgehead atoms. The summed E-state index contributed by atoms with van der Waals surface area (Å²) in [6, 6.07) is 9.87. The fourth-order valence-electron chi connectivity index (χ4n) is 4.20. The van der Waals surface area contributed by atoms with Gasteiger partial charge in [-0.15, -0.1) is 0 Å². The van der Waals surface area contributed by atoms with Gasteiger partial charge in [-0.25, -0.2) is 0 Å². The molecule has 0 heterocycles. The van der Waals surface area contributed by atoms with E-state index in [1.54, 1.807) is 0 Å². The van der Waals surface area contributed by atoms with Gasteiger partial charge in [-0.1, -0.05) is 63.4 Å². The molecule has 1 aliphatic carbocycles. The number of carbonyl (C=O) groups is 2. The van der Waals surface area contributed by atoms with Gasteiger partial charge in [-0.2, -0.15) is 0 Å². The van der Waals surface area contributed by atoms with Crippen LogP contribution < -0.4 is 10.6 Å². The van der Waals surface area contributed by atoms with Gasteiger partial charge in [0, 0.05) is 12.0 Å². The predicted molar refractivity (Wildman–Crippen MR) is 123 cm³/mol. The van der Waals surface area contributed by atoms with E-state index in [-0.39, 0.29) is 23.8 Å². The van der Waals surface area contributed by atoms with E-state index in [1.165, 1.54) is 12.0 Å². The van der Waals surface area contributed by atoms with Gasteiger partial charge < -0.3 is 15.5 Å². The lowest BCUT2D eigenvalue weighted by Crippen LogP contribution is -2.52. The van der Waals surface area contributed by atoms with Crippen LogP contribution in [0.25, 0.3) is 0 Å². The van der Waals surface area contributed by atoms with Gasteiger partial charge >= 0.3 is 0 Å². The van der Waals surface area contributed by atoms with E-state index in [2.05, 4.69) is 41.5 Å². The minimum atomic E-state index is -0.461. The molecule has 2 atom stereocenters. The Morgan fingerprint density at radius 2 is 1.70 bits per heavy atom. The van der Waals surface area contributed by atoms with Crippen molar-refractivity contribution in [3.8, 4) is 0 Å². The molecule has 1 aromatic rings. The molecule has 0 aliphatic heterocycles. The molecule has 1 saturated carbocycles. The molecule has 0 radical (unpaired) electrons. The van der Waals surface area contributed by atoms with Crippen LogP contribution in [0.4, 0.5) is 0 Å². The van der Waals surface area contributed by atoms with Gasteiger partial charge in [0.1, 0.15) is 6.04 Å². The highest BCUT2D eigenvalue weighted by molar-refractivity contribution is 5.88. The predicted octanol–water partition coefficient (Wildman–Crippen LogP) is 3.78. The van der Waals surface area contributed by atoms with Crippen LogP contribution in [0.5, 0.6) is 0 Å². The SMILES string of the molecule is CC(C)C[C@@H](NC(=O)C1CCCCC1)C(=O)N[C@H](CCN(C)C)Cc1ccccc1. The average molecular weight is 416 g/mol. The molecule has 30 heavy (non-hydrogen) atoms. The number of nitrogens with one attached hydrogen (secondary N) is 2. The Morgan fingerprint density at radius 1 is 1.03 bits per heavy atom. The standard InChI is InChI=1S/C25H41N3O2/c1-19(2)17-23(27-24(29)21-13-9-6-10-14-21)25(30)26-22(15-16-28(3)4)18-20-11-7-5-8-12-20/h5,7-8,11-12,19,21-23H,6,9-10,13-18H2,1-4H3,(H,26,30)(H,27,29)/t22-,23-/m1/s1. The van der Waals surface area contributed by atoms with Gasteiger partial charge in [0.2, 0.25) is 11.8 Å². The van der Waals surface area contributed by atoms with E-state index < -0.39 is 6.04 Å². The first-order valence-corrected chi connectivity index (χ1v) is 11.6. The smallest absolute Gasteiger partial charge is 0.242 e. The number of amides is 2. The number of hydrogen-bond acceptors (Lipinski definition) is 3. The Hall–Kier alpha value is -1.88. The molecule has 0 saturated heterocycles. The van der Waals surface area contributed by atoms with Crippen molar-refractivity contribution < 1.29 is 9.59 Å². The van der Waals surface area contributed by atoms with Crippen LogP contribution in [0.1, 0.15) is 64.4 Å². The molecular formula is C25H41N3O2. The maximum absolute atomic E-state index is 13.2. The summed E-state index contributed by atoms with van der Waals surface area (Å²) in [7, 11) is 4.10. The summed E-state index contributed by atoms with van der Waals surface area (Å²) < 4.78 is 0. The van der Waals surface area contributed by atoms with Crippen LogP contribution in [0.2, 0.25) is 0 Å². The minimum absolute atomic E-state index is 0.0449. The van der Waals surface area contributed by atoms with Crippen LogP contribution in [0.3, 0.4) is 0 Å². The number of nitrogens with zero attached hydrogens (tertiary/aromatic N) is 1. The maximum atomic E-state index is 13.2. The van der Waals surface area contributed by atoms with Gasteiger partial charge in [0.05, 0.1) is 0 Å². The molecule has 168 valence electrons. The molecule has 0 unspecified atom stereocenters. The summed E-state index contributed by atoms with van der Waals surface area (Å²) in [5.74, 6) is 0.410. The van der Waals surface area contributed by atoms with E-state index in [1.807, 2.05) is 32.3 Å². The third-order valence-electron chi connectivity index (χ3n) is 5.91. The second kappa shape index (κ2) is 12.7. The first kappa shape index (κ1) is 24.4. The molecule has 1 aliphatic rings. The van der Waals surface area contributed by atoms with Crippen molar-refractivity contribution in [1.29, 1.82) is 0 Å². The first-order chi connectivity index (χ1) is 14.3. The number of carbonyl (C=O) groups excluding carboxylic acids is 2. The van der Waals surface area contributed by atoms with E-state index in [0.29, 0.717) is 12.3 Å². The Bertz CT molecular complexity index is 639. The van der Waals surface area contributed by atoms with E-state index in [0.717, 1.165) is 45.1 Å². The topological polar surface area (TPSA) is 61.4 Å². The molecule has 1 aromatic carbocycles. The second-order valence-electron chi connectivity index (χ2n) is 9.51. The monoisotopic (exact) mass is 415 g/mol. The molecular weight excluding hydrogens is 374 g/mol. The van der Waals surface area contributed by atoms with Crippen molar-refractivity contribution in [3.05, 3.63) is 35.9 Å². The zero-order valence-corrected chi connectivity index (χ0v) is 19.3. The zero-order chi connectivity index (χ0) is 21.9. The van der Waals surface area contributed by atoms with Crippen LogP contribution in [0, 0.1) is 11.8 Å². The quantitative estimate of drug-likeness (QED) is 0.578. The van der Waals surface area contributed by atoms with Crippen molar-refractivity contribution in [3.63, 3.8) is 0 Å². The summed E-state index contributed by atoms with van der Waals surface area (Å²) >= 11 is 0. The zero-order valence-electron chi connectivity index (χ0n) is 19.3. The van der Waals surface area contributed by atoms with Crippen LogP contribution in [0.15, 0.2) is 30.3 Å². The van der Waals surface area contributed by atoms with Crippen LogP contribution in [-0.4, -0.2) is 49.4 Å². The third kappa shape index (κ3) is 8.86. The fraction of sp³-hybridized carbons (Fsp3) is 0.680. The minimum Gasteiger partial charge on any atom is -0.351 e. The summed E-state index contributed by atoms with van der Waals surface area (Å²) in [5, 5.41) is 6.34. The van der Waals surface area contributed by atoms with Crippen LogP contribution in [-0.2, 0) is 16.0 Å². The normalized spacial score (nSPS) is 17.0. The van der Waals surface area contributed by atoms with Gasteiger partial charge in [-0.05, 0) is 64.2 Å². The Morgan fingerprint density at radius 3 is 2.30 bits per heavy atom. The lowest BCUT2D eigenvalue weighted by atomic mass is 9.88. The Kier molecular flexibility index (Phi) is 10.4. The van der Waals surface area contributed by atoms with Crippen molar-refractivity contribution in [1.82, 2.24) is 15.5 Å². The highest BCUT2D eigenvalue weighted by atomic mass is 16.2. The molecule has 2 amide bonds. The molecule has 5 nitrogen and oxygen atoms in total. The molecule has 2 rings (SSSR count). The van der Waals surface area contributed by atoms with Crippen molar-refractivity contribution in [2.75, 3.05) is 20.6 Å². The van der Waals surface area contributed by atoms with Crippen molar-refractivity contribution in [2.45, 2.75) is 77.3 Å². The Balaban J connectivity index is 2.03. The average Bonchev–Trinajstić information content (AvgIpc) is 2.72. The molecule has 5 heteroatoms. The lowest BCUT2D eigenvalue weighted by molar-refractivity contribution is -0.132. The number of hydrogen-bond donors (Lipinski definition) is 2. The van der Waals surface area contributed by atoms with E-state index in [9.17, 15) is 9.59 Å². The highest BCUT2D eigenvalue weighted by Gasteiger charge is 2.28. The first-order valence-electron chi connectivity index (χ1n) is 11.6. The Labute approximate surface area is 183 Å². The lowest BCUT2D eigenvalue weighted by Gasteiger charge is -2.28. The largest absolute Gasteiger partial charge is 0.351 e. The summed E-state index contributed by atoms with van der Waals surface area (Å²) in [5.41, 5.74) is 1.22. The van der Waals surface area contributed by atoms with Crippen molar-refractivity contribution >= 4 is 11.8 Å². The maximum Gasteiger partial charge on any atom is 0.242 e. The molecule has 0 spiro atoms. The molecule has 2 N–H and O–H groups in total. The molecule has 0 aromatic heterocycles. The van der Waals surface area contributed by atoms with Crippen molar-refractivity contribution in [2.24, 2.45) is 11.8 Å². The van der Waals surface area contributed by atoms with Crippen LogP contribution >= 0.6 is 0 Å². The summed E-state index contributed by atoms with van der Waals surface area (Å²) in [4.78, 5) is 28.1. The molecule has 1 fully saturated rings. The van der Waals surface area contributed by atoms with Gasteiger partial charge in [0.25, 0.3) is 0 Å². The fourth-order valence-corrected chi connectivity index (χ4v) is 4.20.